The second kappa shape index (κ2) is 8.93. The summed E-state index contributed by atoms with van der Waals surface area (Å²) in [6.07, 6.45) is -4.51. The molecule has 0 aliphatic carbocycles. The maximum atomic E-state index is 12.8. The second-order valence-corrected chi connectivity index (χ2v) is 8.75. The fourth-order valence-electron chi connectivity index (χ4n) is 2.82. The lowest BCUT2D eigenvalue weighted by Gasteiger charge is -2.26. The van der Waals surface area contributed by atoms with E-state index < -0.39 is 34.3 Å². The van der Waals surface area contributed by atoms with Crippen LogP contribution < -0.4 is 0 Å². The highest BCUT2D eigenvalue weighted by molar-refractivity contribution is 7.89. The third-order valence-electron chi connectivity index (χ3n) is 4.38. The second-order valence-electron chi connectivity index (χ2n) is 6.44. The molecule has 0 radical (unpaired) electrons. The Kier molecular flexibility index (Phi) is 6.71. The van der Waals surface area contributed by atoms with Crippen molar-refractivity contribution in [2.24, 2.45) is 0 Å². The summed E-state index contributed by atoms with van der Waals surface area (Å²) in [5, 5.41) is -0.0593. The van der Waals surface area contributed by atoms with E-state index in [1.54, 1.807) is 0 Å². The van der Waals surface area contributed by atoms with Crippen LogP contribution in [0.4, 0.5) is 13.2 Å². The van der Waals surface area contributed by atoms with Crippen molar-refractivity contribution in [2.45, 2.75) is 17.7 Å². The molecule has 0 atom stereocenters. The summed E-state index contributed by atoms with van der Waals surface area (Å²) in [6.45, 7) is 0.397. The molecular formula is C19H17ClF3NO5S. The molecule has 0 saturated carbocycles. The van der Waals surface area contributed by atoms with Gasteiger partial charge in [-0.1, -0.05) is 23.7 Å². The first-order valence-electron chi connectivity index (χ1n) is 8.80. The number of ether oxygens (including phenoxy) is 2. The van der Waals surface area contributed by atoms with Crippen molar-refractivity contribution in [1.29, 1.82) is 0 Å². The topological polar surface area (TPSA) is 72.9 Å². The molecule has 0 amide bonds. The number of benzene rings is 2. The number of sulfonamides is 1. The highest BCUT2D eigenvalue weighted by atomic mass is 35.5. The smallest absolute Gasteiger partial charge is 0.416 e. The lowest BCUT2D eigenvalue weighted by Crippen LogP contribution is -2.40. The fraction of sp³-hybridized carbons (Fsp3) is 0.316. The van der Waals surface area contributed by atoms with E-state index in [4.69, 9.17) is 21.1 Å². The fourth-order valence-corrected chi connectivity index (χ4v) is 4.73. The minimum atomic E-state index is -4.51. The number of carbonyl (C=O) groups is 1. The number of hydrogen-bond donors (Lipinski definition) is 0. The Labute approximate surface area is 176 Å². The monoisotopic (exact) mass is 463 g/mol. The quantitative estimate of drug-likeness (QED) is 0.632. The molecule has 0 spiro atoms. The molecule has 0 aromatic heterocycles. The number of halogens is 4. The van der Waals surface area contributed by atoms with Gasteiger partial charge in [0.15, 0.2) is 0 Å². The van der Waals surface area contributed by atoms with Crippen LogP contribution in [0.15, 0.2) is 47.4 Å². The van der Waals surface area contributed by atoms with Crippen molar-refractivity contribution >= 4 is 27.6 Å². The van der Waals surface area contributed by atoms with Gasteiger partial charge in [0.2, 0.25) is 10.0 Å². The highest BCUT2D eigenvalue weighted by Gasteiger charge is 2.31. The Morgan fingerprint density at radius 1 is 1.13 bits per heavy atom. The maximum absolute atomic E-state index is 12.8. The summed E-state index contributed by atoms with van der Waals surface area (Å²) in [5.74, 6) is -0.887. The first kappa shape index (κ1) is 22.5. The summed E-state index contributed by atoms with van der Waals surface area (Å²) in [6, 6.07) is 8.03. The molecule has 1 heterocycles. The van der Waals surface area contributed by atoms with Gasteiger partial charge < -0.3 is 9.47 Å². The molecule has 1 saturated heterocycles. The van der Waals surface area contributed by atoms with E-state index in [9.17, 15) is 26.4 Å². The Morgan fingerprint density at radius 2 is 1.83 bits per heavy atom. The van der Waals surface area contributed by atoms with E-state index in [1.807, 2.05) is 0 Å². The number of morpholine rings is 1. The van der Waals surface area contributed by atoms with E-state index in [1.165, 1.54) is 28.6 Å². The van der Waals surface area contributed by atoms with Crippen molar-refractivity contribution in [2.75, 3.05) is 26.3 Å². The molecule has 3 rings (SSSR count). The summed E-state index contributed by atoms with van der Waals surface area (Å²) >= 11 is 6.04. The van der Waals surface area contributed by atoms with E-state index in [0.29, 0.717) is 0 Å². The molecular weight excluding hydrogens is 447 g/mol. The van der Waals surface area contributed by atoms with Crippen LogP contribution in [0, 0.1) is 0 Å². The molecule has 162 valence electrons. The molecule has 2 aromatic carbocycles. The van der Waals surface area contributed by atoms with Gasteiger partial charge in [-0.3, -0.25) is 0 Å². The van der Waals surface area contributed by atoms with Gasteiger partial charge >= 0.3 is 12.1 Å². The van der Waals surface area contributed by atoms with E-state index in [-0.39, 0.29) is 47.3 Å². The number of nitrogens with zero attached hydrogens (tertiary/aromatic N) is 1. The van der Waals surface area contributed by atoms with Crippen molar-refractivity contribution < 1.29 is 35.9 Å². The first-order chi connectivity index (χ1) is 14.1. The van der Waals surface area contributed by atoms with Crippen molar-refractivity contribution in [3.05, 3.63) is 64.2 Å². The summed E-state index contributed by atoms with van der Waals surface area (Å²) in [7, 11) is -3.95. The summed E-state index contributed by atoms with van der Waals surface area (Å²) in [4.78, 5) is 12.1. The predicted octanol–water partition coefficient (Wildman–Crippen LogP) is 3.74. The van der Waals surface area contributed by atoms with Crippen LogP contribution in [0.25, 0.3) is 0 Å². The maximum Gasteiger partial charge on any atom is 0.416 e. The van der Waals surface area contributed by atoms with Crippen LogP contribution in [0.5, 0.6) is 0 Å². The molecule has 1 aliphatic heterocycles. The first-order valence-corrected chi connectivity index (χ1v) is 10.6. The van der Waals surface area contributed by atoms with Crippen LogP contribution in [0.2, 0.25) is 5.02 Å². The number of hydrogen-bond acceptors (Lipinski definition) is 5. The third-order valence-corrected chi connectivity index (χ3v) is 6.76. The lowest BCUT2D eigenvalue weighted by molar-refractivity contribution is -0.137. The standard InChI is InChI=1S/C19H17ClF3NO5S/c20-16-5-4-14(11-17(16)30(26,27)24-6-8-28-9-7-24)18(25)29-12-13-2-1-3-15(10-13)19(21,22)23/h1-5,10-11H,6-9,12H2. The minimum absolute atomic E-state index is 0.0593. The van der Waals surface area contributed by atoms with Crippen LogP contribution in [-0.4, -0.2) is 45.0 Å². The average Bonchev–Trinajstić information content (AvgIpc) is 2.72. The van der Waals surface area contributed by atoms with Gasteiger partial charge in [-0.25, -0.2) is 13.2 Å². The number of esters is 1. The zero-order chi connectivity index (χ0) is 21.9. The zero-order valence-electron chi connectivity index (χ0n) is 15.5. The highest BCUT2D eigenvalue weighted by Crippen LogP contribution is 2.30. The molecule has 0 N–H and O–H groups in total. The van der Waals surface area contributed by atoms with Crippen molar-refractivity contribution in [1.82, 2.24) is 4.31 Å². The SMILES string of the molecule is O=C(OCc1cccc(C(F)(F)F)c1)c1ccc(Cl)c(S(=O)(=O)N2CCOCC2)c1. The minimum Gasteiger partial charge on any atom is -0.457 e. The van der Waals surface area contributed by atoms with Gasteiger partial charge in [-0.15, -0.1) is 0 Å². The van der Waals surface area contributed by atoms with Gasteiger partial charge in [0.05, 0.1) is 29.4 Å². The van der Waals surface area contributed by atoms with Gasteiger partial charge in [0.25, 0.3) is 0 Å². The number of rotatable bonds is 5. The normalized spacial score (nSPS) is 15.7. The third kappa shape index (κ3) is 5.12. The van der Waals surface area contributed by atoms with Gasteiger partial charge in [-0.05, 0) is 35.9 Å². The van der Waals surface area contributed by atoms with Crippen LogP contribution in [0.1, 0.15) is 21.5 Å². The summed E-state index contributed by atoms with van der Waals surface area (Å²) < 4.78 is 75.4. The zero-order valence-corrected chi connectivity index (χ0v) is 17.1. The van der Waals surface area contributed by atoms with Crippen molar-refractivity contribution in [3.63, 3.8) is 0 Å². The van der Waals surface area contributed by atoms with Gasteiger partial charge in [0, 0.05) is 13.1 Å². The van der Waals surface area contributed by atoms with Crippen LogP contribution in [-0.2, 0) is 32.3 Å². The molecule has 30 heavy (non-hydrogen) atoms. The van der Waals surface area contributed by atoms with E-state index in [2.05, 4.69) is 0 Å². The average molecular weight is 464 g/mol. The molecule has 1 fully saturated rings. The Hall–Kier alpha value is -2.14. The van der Waals surface area contributed by atoms with Gasteiger partial charge in [-0.2, -0.15) is 17.5 Å². The molecule has 0 unspecified atom stereocenters. The summed E-state index contributed by atoms with van der Waals surface area (Å²) in [5.41, 5.74) is -0.798. The lowest BCUT2D eigenvalue weighted by atomic mass is 10.1. The molecule has 11 heteroatoms. The van der Waals surface area contributed by atoms with Gasteiger partial charge in [0.1, 0.15) is 11.5 Å². The Balaban J connectivity index is 1.77. The molecule has 6 nitrogen and oxygen atoms in total. The van der Waals surface area contributed by atoms with Crippen LogP contribution in [0.3, 0.4) is 0 Å². The number of carbonyl (C=O) groups excluding carboxylic acids is 1. The van der Waals surface area contributed by atoms with Crippen LogP contribution >= 0.6 is 11.6 Å². The molecule has 2 aromatic rings. The van der Waals surface area contributed by atoms with Crippen molar-refractivity contribution in [3.8, 4) is 0 Å². The van der Waals surface area contributed by atoms with E-state index >= 15 is 0 Å². The largest absolute Gasteiger partial charge is 0.457 e. The molecule has 0 bridgehead atoms. The Morgan fingerprint density at radius 3 is 2.50 bits per heavy atom. The Bertz CT molecular complexity index is 1040. The van der Waals surface area contributed by atoms with E-state index in [0.717, 1.165) is 18.2 Å². The molecule has 1 aliphatic rings. The number of alkyl halides is 3. The predicted molar refractivity (Wildman–Crippen MR) is 102 cm³/mol.